The molecule has 1 unspecified atom stereocenters. The van der Waals surface area contributed by atoms with Gasteiger partial charge in [0.05, 0.1) is 11.3 Å². The van der Waals surface area contributed by atoms with E-state index in [1.165, 1.54) is 0 Å². The summed E-state index contributed by atoms with van der Waals surface area (Å²) in [6.07, 6.45) is 4.24. The summed E-state index contributed by atoms with van der Waals surface area (Å²) in [6.45, 7) is 12.9. The fourth-order valence-corrected chi connectivity index (χ4v) is 2.57. The highest BCUT2D eigenvalue weighted by atomic mass is 16.6. The summed E-state index contributed by atoms with van der Waals surface area (Å²) in [5.74, 6) is -1.62. The first kappa shape index (κ1) is 19.7. The van der Waals surface area contributed by atoms with Crippen LogP contribution < -0.4 is 0 Å². The number of carbonyl (C=O) groups excluding carboxylic acids is 1. The molecule has 0 aromatic carbocycles. The van der Waals surface area contributed by atoms with E-state index in [0.717, 1.165) is 6.42 Å². The summed E-state index contributed by atoms with van der Waals surface area (Å²) in [5, 5.41) is 9.61. The summed E-state index contributed by atoms with van der Waals surface area (Å²) in [5.41, 5.74) is -1.43. The molecule has 0 heterocycles. The van der Waals surface area contributed by atoms with Crippen molar-refractivity contribution in [2.45, 2.75) is 72.3 Å². The largest absolute Gasteiger partial charge is 0.481 e. The fourth-order valence-electron chi connectivity index (χ4n) is 2.57. The molecule has 21 heavy (non-hydrogen) atoms. The average molecular weight is 298 g/mol. The van der Waals surface area contributed by atoms with Gasteiger partial charge in [0.1, 0.15) is 5.60 Å². The van der Waals surface area contributed by atoms with E-state index in [1.54, 1.807) is 6.08 Å². The van der Waals surface area contributed by atoms with Crippen LogP contribution in [0.1, 0.15) is 66.7 Å². The monoisotopic (exact) mass is 298 g/mol. The molecule has 4 nitrogen and oxygen atoms in total. The minimum atomic E-state index is -0.862. The molecular weight excluding hydrogens is 268 g/mol. The number of hydrogen-bond acceptors (Lipinski definition) is 3. The first-order valence-electron chi connectivity index (χ1n) is 7.69. The minimum absolute atomic E-state index is 0.299. The van der Waals surface area contributed by atoms with Crippen LogP contribution in [-0.2, 0) is 14.3 Å². The van der Waals surface area contributed by atoms with Crippen molar-refractivity contribution in [2.24, 2.45) is 11.3 Å². The second-order valence-corrected chi connectivity index (χ2v) is 6.65. The van der Waals surface area contributed by atoms with Gasteiger partial charge in [0.2, 0.25) is 0 Å². The van der Waals surface area contributed by atoms with Crippen LogP contribution in [0.3, 0.4) is 0 Å². The van der Waals surface area contributed by atoms with E-state index in [4.69, 9.17) is 4.74 Å². The van der Waals surface area contributed by atoms with E-state index in [1.807, 2.05) is 34.6 Å². The molecule has 2 atom stereocenters. The van der Waals surface area contributed by atoms with Crippen LogP contribution in [0.25, 0.3) is 0 Å². The van der Waals surface area contributed by atoms with Gasteiger partial charge in [0.15, 0.2) is 0 Å². The van der Waals surface area contributed by atoms with Gasteiger partial charge in [-0.15, -0.1) is 6.58 Å². The molecule has 0 saturated heterocycles. The Morgan fingerprint density at radius 3 is 2.19 bits per heavy atom. The molecule has 0 rings (SSSR count). The maximum atomic E-state index is 12.3. The molecule has 0 aliphatic rings. The van der Waals surface area contributed by atoms with Crippen LogP contribution in [0.5, 0.6) is 0 Å². The summed E-state index contributed by atoms with van der Waals surface area (Å²) < 4.78 is 5.42. The predicted molar refractivity (Wildman–Crippen MR) is 84.0 cm³/mol. The number of rotatable bonds is 9. The van der Waals surface area contributed by atoms with Gasteiger partial charge >= 0.3 is 11.9 Å². The first-order valence-corrected chi connectivity index (χ1v) is 7.69. The maximum absolute atomic E-state index is 12.3. The van der Waals surface area contributed by atoms with Crippen molar-refractivity contribution in [1.82, 2.24) is 0 Å². The first-order chi connectivity index (χ1) is 9.61. The Morgan fingerprint density at radius 1 is 1.29 bits per heavy atom. The Kier molecular flexibility index (Phi) is 7.69. The second-order valence-electron chi connectivity index (χ2n) is 6.65. The molecule has 0 bridgehead atoms. The Balaban J connectivity index is 5.22. The Morgan fingerprint density at radius 2 is 1.86 bits per heavy atom. The number of hydrogen-bond donors (Lipinski definition) is 1. The summed E-state index contributed by atoms with van der Waals surface area (Å²) in [6, 6.07) is 0. The number of carbonyl (C=O) groups is 2. The molecule has 0 fully saturated rings. The van der Waals surface area contributed by atoms with Crippen molar-refractivity contribution in [3.05, 3.63) is 12.7 Å². The van der Waals surface area contributed by atoms with E-state index in [9.17, 15) is 14.7 Å². The molecular formula is C17H30O4. The number of carboxylic acid groups (broad SMARTS) is 1. The third kappa shape index (κ3) is 6.32. The number of allylic oxidation sites excluding steroid dienone is 1. The Hall–Kier alpha value is -1.32. The molecule has 1 N–H and O–H groups in total. The quantitative estimate of drug-likeness (QED) is 0.512. The summed E-state index contributed by atoms with van der Waals surface area (Å²) in [7, 11) is 0. The zero-order valence-corrected chi connectivity index (χ0v) is 14.1. The van der Waals surface area contributed by atoms with E-state index < -0.39 is 22.9 Å². The van der Waals surface area contributed by atoms with Crippen molar-refractivity contribution in [3.8, 4) is 0 Å². The zero-order valence-electron chi connectivity index (χ0n) is 14.1. The third-order valence-corrected chi connectivity index (χ3v) is 3.69. The maximum Gasteiger partial charge on any atom is 0.309 e. The normalized spacial score (nSPS) is 15.9. The molecule has 0 radical (unpaired) electrons. The van der Waals surface area contributed by atoms with Gasteiger partial charge in [0.25, 0.3) is 0 Å². The van der Waals surface area contributed by atoms with Crippen LogP contribution in [0.2, 0.25) is 0 Å². The van der Waals surface area contributed by atoms with E-state index >= 15 is 0 Å². The van der Waals surface area contributed by atoms with Gasteiger partial charge in [0, 0.05) is 0 Å². The second kappa shape index (κ2) is 8.20. The lowest BCUT2D eigenvalue weighted by Gasteiger charge is -2.32. The van der Waals surface area contributed by atoms with Gasteiger partial charge in [-0.3, -0.25) is 9.59 Å². The van der Waals surface area contributed by atoms with Crippen molar-refractivity contribution in [1.29, 1.82) is 0 Å². The van der Waals surface area contributed by atoms with Gasteiger partial charge in [-0.05, 0) is 46.5 Å². The molecule has 0 amide bonds. The fraction of sp³-hybridized carbons (Fsp3) is 0.765. The van der Waals surface area contributed by atoms with E-state index in [0.29, 0.717) is 25.7 Å². The summed E-state index contributed by atoms with van der Waals surface area (Å²) in [4.78, 5) is 24.0. The van der Waals surface area contributed by atoms with Gasteiger partial charge < -0.3 is 9.84 Å². The SMILES string of the molecule is C=CC[C@H](CC(CC)(CCC)C(=O)O)C(=O)OC(C)(C)C. The molecule has 122 valence electrons. The average Bonchev–Trinajstić information content (AvgIpc) is 2.34. The summed E-state index contributed by atoms with van der Waals surface area (Å²) >= 11 is 0. The lowest BCUT2D eigenvalue weighted by molar-refractivity contribution is -0.163. The van der Waals surface area contributed by atoms with E-state index in [2.05, 4.69) is 6.58 Å². The van der Waals surface area contributed by atoms with Gasteiger partial charge in [-0.2, -0.15) is 0 Å². The van der Waals surface area contributed by atoms with Crippen LogP contribution in [-0.4, -0.2) is 22.6 Å². The standard InChI is InChI=1S/C17H30O4/c1-7-10-13(14(18)21-16(4,5)6)12-17(9-3,11-8-2)15(19)20/h7,13H,1,8-12H2,2-6H3,(H,19,20)/t13-,17?/m1/s1. The molecule has 0 aliphatic carbocycles. The topological polar surface area (TPSA) is 63.6 Å². The smallest absolute Gasteiger partial charge is 0.309 e. The molecule has 4 heteroatoms. The highest BCUT2D eigenvalue weighted by Gasteiger charge is 2.40. The molecule has 0 spiro atoms. The van der Waals surface area contributed by atoms with Gasteiger partial charge in [-0.25, -0.2) is 0 Å². The number of carboxylic acids is 1. The Labute approximate surface area is 128 Å². The highest BCUT2D eigenvalue weighted by Crippen LogP contribution is 2.37. The van der Waals surface area contributed by atoms with Crippen molar-refractivity contribution in [3.63, 3.8) is 0 Å². The van der Waals surface area contributed by atoms with Crippen LogP contribution >= 0.6 is 0 Å². The van der Waals surface area contributed by atoms with Crippen LogP contribution in [0.15, 0.2) is 12.7 Å². The number of aliphatic carboxylic acids is 1. The lowest BCUT2D eigenvalue weighted by atomic mass is 9.73. The van der Waals surface area contributed by atoms with Crippen LogP contribution in [0.4, 0.5) is 0 Å². The van der Waals surface area contributed by atoms with Crippen molar-refractivity contribution < 1.29 is 19.4 Å². The van der Waals surface area contributed by atoms with Crippen molar-refractivity contribution in [2.75, 3.05) is 0 Å². The van der Waals surface area contributed by atoms with E-state index in [-0.39, 0.29) is 5.97 Å². The molecule has 0 saturated carbocycles. The Bertz CT molecular complexity index is 367. The van der Waals surface area contributed by atoms with Crippen molar-refractivity contribution >= 4 is 11.9 Å². The van der Waals surface area contributed by atoms with Gasteiger partial charge in [-0.1, -0.05) is 26.3 Å². The highest BCUT2D eigenvalue weighted by molar-refractivity contribution is 5.78. The van der Waals surface area contributed by atoms with Crippen LogP contribution in [0, 0.1) is 11.3 Å². The number of ether oxygens (including phenoxy) is 1. The lowest BCUT2D eigenvalue weighted by Crippen LogP contribution is -2.37. The zero-order chi connectivity index (χ0) is 16.7. The number of esters is 1. The predicted octanol–water partition coefficient (Wildman–Crippen LogP) is 4.19. The minimum Gasteiger partial charge on any atom is -0.481 e. The third-order valence-electron chi connectivity index (χ3n) is 3.69. The molecule has 0 aliphatic heterocycles. The molecule has 0 aromatic heterocycles. The molecule has 0 aromatic rings.